The summed E-state index contributed by atoms with van der Waals surface area (Å²) < 4.78 is 5.16. The van der Waals surface area contributed by atoms with Gasteiger partial charge in [-0.3, -0.25) is 4.79 Å². The van der Waals surface area contributed by atoms with E-state index in [0.717, 1.165) is 40.9 Å². The Hall–Kier alpha value is -1.67. The summed E-state index contributed by atoms with van der Waals surface area (Å²) in [5.74, 6) is -0.0147. The Labute approximate surface area is 166 Å². The molecule has 2 aliphatic rings. The number of thioether (sulfide) groups is 1. The molecule has 0 spiro atoms. The van der Waals surface area contributed by atoms with E-state index in [4.69, 9.17) is 4.74 Å². The molecule has 1 saturated heterocycles. The molecule has 1 aliphatic carbocycles. The maximum atomic E-state index is 12.9. The Morgan fingerprint density at radius 1 is 1.30 bits per heavy atom. The molecule has 27 heavy (non-hydrogen) atoms. The molecule has 6 nitrogen and oxygen atoms in total. The van der Waals surface area contributed by atoms with E-state index in [-0.39, 0.29) is 17.6 Å². The van der Waals surface area contributed by atoms with E-state index in [9.17, 15) is 9.59 Å². The topological polar surface area (TPSA) is 72.4 Å². The highest BCUT2D eigenvalue weighted by atomic mass is 32.2. The van der Waals surface area contributed by atoms with Crippen LogP contribution in [0.5, 0.6) is 0 Å². The molecule has 4 rings (SSSR count). The quantitative estimate of drug-likeness (QED) is 0.432. The standard InChI is InChI=1S/C19H23N3O3S2/c1-2-25-19(24)13-7-3-4-9-22(13)15(23)10-26-17-16-12-6-5-8-14(12)27-18(16)21-11-20-17/h11,13H,2-10H2,1H3/t13-/m0/s1. The van der Waals surface area contributed by atoms with Crippen molar-refractivity contribution < 1.29 is 14.3 Å². The van der Waals surface area contributed by atoms with Crippen LogP contribution in [0.25, 0.3) is 10.2 Å². The van der Waals surface area contributed by atoms with Gasteiger partial charge >= 0.3 is 5.97 Å². The third-order valence-corrected chi connectivity index (χ3v) is 7.35. The van der Waals surface area contributed by atoms with Gasteiger partial charge in [0, 0.05) is 16.8 Å². The molecule has 144 valence electrons. The van der Waals surface area contributed by atoms with Crippen molar-refractivity contribution in [3.05, 3.63) is 16.8 Å². The second-order valence-corrected chi connectivity index (χ2v) is 8.90. The van der Waals surface area contributed by atoms with Gasteiger partial charge in [-0.15, -0.1) is 11.3 Å². The average Bonchev–Trinajstić information content (AvgIpc) is 3.27. The molecule has 0 bridgehead atoms. The van der Waals surface area contributed by atoms with Gasteiger partial charge in [-0.25, -0.2) is 14.8 Å². The second kappa shape index (κ2) is 8.14. The number of carbonyl (C=O) groups excluding carboxylic acids is 2. The number of carbonyl (C=O) groups is 2. The van der Waals surface area contributed by atoms with E-state index in [2.05, 4.69) is 9.97 Å². The maximum Gasteiger partial charge on any atom is 0.328 e. The first-order chi connectivity index (χ1) is 13.2. The molecule has 0 aromatic carbocycles. The SMILES string of the molecule is CCOC(=O)[C@@H]1CCCCN1C(=O)CSc1ncnc2sc3c(c12)CCC3. The Morgan fingerprint density at radius 3 is 3.04 bits per heavy atom. The van der Waals surface area contributed by atoms with Gasteiger partial charge in [0.05, 0.1) is 12.4 Å². The lowest BCUT2D eigenvalue weighted by molar-refractivity contribution is -0.155. The van der Waals surface area contributed by atoms with Crippen LogP contribution in [0.2, 0.25) is 0 Å². The highest BCUT2D eigenvalue weighted by molar-refractivity contribution is 8.00. The number of hydrogen-bond donors (Lipinski definition) is 0. The van der Waals surface area contributed by atoms with Crippen LogP contribution in [0.4, 0.5) is 0 Å². The van der Waals surface area contributed by atoms with Gasteiger partial charge in [-0.2, -0.15) is 0 Å². The number of amides is 1. The lowest BCUT2D eigenvalue weighted by Gasteiger charge is -2.34. The highest BCUT2D eigenvalue weighted by Crippen LogP contribution is 2.40. The van der Waals surface area contributed by atoms with Crippen LogP contribution in [-0.2, 0) is 27.2 Å². The third kappa shape index (κ3) is 3.69. The predicted molar refractivity (Wildman–Crippen MR) is 106 cm³/mol. The molecule has 1 atom stereocenters. The number of piperidine rings is 1. The minimum absolute atomic E-state index is 0.0172. The number of aromatic nitrogens is 2. The van der Waals surface area contributed by atoms with Gasteiger partial charge in [0.1, 0.15) is 22.2 Å². The fourth-order valence-electron chi connectivity index (χ4n) is 3.94. The molecular weight excluding hydrogens is 382 g/mol. The first kappa shape index (κ1) is 18.7. The fraction of sp³-hybridized carbons (Fsp3) is 0.579. The Kier molecular flexibility index (Phi) is 5.63. The molecule has 0 saturated carbocycles. The van der Waals surface area contributed by atoms with Crippen LogP contribution >= 0.6 is 23.1 Å². The van der Waals surface area contributed by atoms with Gasteiger partial charge in [-0.1, -0.05) is 11.8 Å². The molecule has 0 unspecified atom stereocenters. The summed E-state index contributed by atoms with van der Waals surface area (Å²) >= 11 is 3.21. The molecule has 2 aromatic rings. The zero-order chi connectivity index (χ0) is 18.8. The van der Waals surface area contributed by atoms with Gasteiger partial charge in [0.15, 0.2) is 0 Å². The van der Waals surface area contributed by atoms with Crippen molar-refractivity contribution in [2.45, 2.75) is 56.5 Å². The number of thiophene rings is 1. The summed E-state index contributed by atoms with van der Waals surface area (Å²) in [6.45, 7) is 2.76. The number of ether oxygens (including phenoxy) is 1. The molecule has 1 aliphatic heterocycles. The number of fused-ring (bicyclic) bond motifs is 3. The summed E-state index contributed by atoms with van der Waals surface area (Å²) in [4.78, 5) is 38.1. The Morgan fingerprint density at radius 2 is 2.19 bits per heavy atom. The van der Waals surface area contributed by atoms with Gasteiger partial charge in [-0.05, 0) is 51.0 Å². The summed E-state index contributed by atoms with van der Waals surface area (Å²) in [5.41, 5.74) is 1.37. The maximum absolute atomic E-state index is 12.9. The lowest BCUT2D eigenvalue weighted by atomic mass is 10.0. The first-order valence-electron chi connectivity index (χ1n) is 9.53. The van der Waals surface area contributed by atoms with E-state index >= 15 is 0 Å². The number of nitrogens with zero attached hydrogens (tertiary/aromatic N) is 3. The monoisotopic (exact) mass is 405 g/mol. The molecule has 0 N–H and O–H groups in total. The summed E-state index contributed by atoms with van der Waals surface area (Å²) in [6.07, 6.45) is 7.53. The molecule has 8 heteroatoms. The largest absolute Gasteiger partial charge is 0.464 e. The van der Waals surface area contributed by atoms with Crippen LogP contribution in [-0.4, -0.2) is 51.7 Å². The molecule has 3 heterocycles. The molecule has 1 fully saturated rings. The normalized spacial score (nSPS) is 19.3. The van der Waals surface area contributed by atoms with Gasteiger partial charge < -0.3 is 9.64 Å². The number of esters is 1. The van der Waals surface area contributed by atoms with Crippen LogP contribution in [0.3, 0.4) is 0 Å². The van der Waals surface area contributed by atoms with Crippen LogP contribution in [0.15, 0.2) is 11.4 Å². The number of rotatable bonds is 5. The van der Waals surface area contributed by atoms with Gasteiger partial charge in [0.2, 0.25) is 5.91 Å². The zero-order valence-corrected chi connectivity index (χ0v) is 17.0. The van der Waals surface area contributed by atoms with E-state index in [1.807, 2.05) is 0 Å². The highest BCUT2D eigenvalue weighted by Gasteiger charge is 2.33. The van der Waals surface area contributed by atoms with E-state index in [0.29, 0.717) is 19.6 Å². The smallest absolute Gasteiger partial charge is 0.328 e. The minimum atomic E-state index is -0.442. The van der Waals surface area contributed by atoms with Crippen molar-refractivity contribution in [2.75, 3.05) is 18.9 Å². The Bertz CT molecular complexity index is 867. The molecule has 2 aromatic heterocycles. The van der Waals surface area contributed by atoms with Crippen LogP contribution in [0.1, 0.15) is 43.0 Å². The van der Waals surface area contributed by atoms with E-state index in [1.54, 1.807) is 29.5 Å². The summed E-state index contributed by atoms with van der Waals surface area (Å²) in [5, 5.41) is 2.02. The fourth-order valence-corrected chi connectivity index (χ4v) is 6.14. The third-order valence-electron chi connectivity index (χ3n) is 5.18. The summed E-state index contributed by atoms with van der Waals surface area (Å²) in [6, 6.07) is -0.442. The van der Waals surface area contributed by atoms with Crippen molar-refractivity contribution >= 4 is 45.2 Å². The van der Waals surface area contributed by atoms with Crippen molar-refractivity contribution in [1.82, 2.24) is 14.9 Å². The number of hydrogen-bond acceptors (Lipinski definition) is 7. The van der Waals surface area contributed by atoms with Crippen molar-refractivity contribution in [3.63, 3.8) is 0 Å². The van der Waals surface area contributed by atoms with Crippen molar-refractivity contribution in [3.8, 4) is 0 Å². The van der Waals surface area contributed by atoms with Crippen LogP contribution in [0, 0.1) is 0 Å². The van der Waals surface area contributed by atoms with Gasteiger partial charge in [0.25, 0.3) is 0 Å². The second-order valence-electron chi connectivity index (χ2n) is 6.86. The van der Waals surface area contributed by atoms with Crippen molar-refractivity contribution in [2.24, 2.45) is 0 Å². The Balaban J connectivity index is 1.49. The first-order valence-corrected chi connectivity index (χ1v) is 11.3. The van der Waals surface area contributed by atoms with Crippen LogP contribution < -0.4 is 0 Å². The lowest BCUT2D eigenvalue weighted by Crippen LogP contribution is -2.49. The minimum Gasteiger partial charge on any atom is -0.464 e. The van der Waals surface area contributed by atoms with Crippen molar-refractivity contribution in [1.29, 1.82) is 0 Å². The number of likely N-dealkylation sites (tertiary alicyclic amines) is 1. The number of aryl methyl sites for hydroxylation is 2. The predicted octanol–water partition coefficient (Wildman–Crippen LogP) is 3.22. The van der Waals surface area contributed by atoms with E-state index < -0.39 is 6.04 Å². The van der Waals surface area contributed by atoms with E-state index in [1.165, 1.54) is 28.6 Å². The molecular formula is C19H23N3O3S2. The summed E-state index contributed by atoms with van der Waals surface area (Å²) in [7, 11) is 0. The average molecular weight is 406 g/mol. The zero-order valence-electron chi connectivity index (χ0n) is 15.4. The molecule has 0 radical (unpaired) electrons. The molecule has 1 amide bonds.